The summed E-state index contributed by atoms with van der Waals surface area (Å²) < 4.78 is 3.35. The molecule has 0 bridgehead atoms. The van der Waals surface area contributed by atoms with Gasteiger partial charge in [0.25, 0.3) is 0 Å². The molecule has 0 amide bonds. The Kier molecular flexibility index (Phi) is 4.02. The Bertz CT molecular complexity index is 582. The zero-order valence-corrected chi connectivity index (χ0v) is 12.5. The largest absolute Gasteiger partial charge is 0.349 e. The van der Waals surface area contributed by atoms with E-state index >= 15 is 0 Å². The average Bonchev–Trinajstić information content (AvgIpc) is 2.61. The van der Waals surface area contributed by atoms with Gasteiger partial charge in [-0.2, -0.15) is 0 Å². The zero-order valence-electron chi connectivity index (χ0n) is 10.9. The van der Waals surface area contributed by atoms with Crippen LogP contribution in [0.15, 0.2) is 39.8 Å². The maximum Gasteiger partial charge on any atom is 0.0641 e. The minimum atomic E-state index is 0.964. The van der Waals surface area contributed by atoms with Gasteiger partial charge in [-0.15, -0.1) is 0 Å². The fourth-order valence-electron chi connectivity index (χ4n) is 2.15. The highest BCUT2D eigenvalue weighted by Crippen LogP contribution is 2.19. The van der Waals surface area contributed by atoms with Crippen molar-refractivity contribution in [3.63, 3.8) is 0 Å². The standard InChI is InChI=1S/C15H17BrN2/c1-4-18-11(2)8-13(12(18)3)10-17-15-7-5-6-14(16)9-15/h5-10H,4H2,1-3H3. The highest BCUT2D eigenvalue weighted by molar-refractivity contribution is 9.10. The second-order valence-electron chi connectivity index (χ2n) is 4.31. The van der Waals surface area contributed by atoms with E-state index in [0.717, 1.165) is 16.7 Å². The Labute approximate surface area is 116 Å². The van der Waals surface area contributed by atoms with Gasteiger partial charge in [-0.05, 0) is 45.0 Å². The third-order valence-electron chi connectivity index (χ3n) is 3.09. The van der Waals surface area contributed by atoms with Gasteiger partial charge in [0.15, 0.2) is 0 Å². The van der Waals surface area contributed by atoms with Crippen molar-refractivity contribution < 1.29 is 0 Å². The van der Waals surface area contributed by atoms with Crippen molar-refractivity contribution in [3.8, 4) is 0 Å². The topological polar surface area (TPSA) is 17.3 Å². The molecule has 2 nitrogen and oxygen atoms in total. The van der Waals surface area contributed by atoms with E-state index in [1.165, 1.54) is 17.0 Å². The van der Waals surface area contributed by atoms with Crippen LogP contribution in [0.1, 0.15) is 23.9 Å². The molecule has 0 atom stereocenters. The molecule has 0 saturated heterocycles. The Morgan fingerprint density at radius 3 is 2.67 bits per heavy atom. The van der Waals surface area contributed by atoms with E-state index in [4.69, 9.17) is 0 Å². The molecule has 0 aliphatic rings. The van der Waals surface area contributed by atoms with Crippen LogP contribution in [0, 0.1) is 13.8 Å². The molecule has 0 spiro atoms. The predicted octanol–water partition coefficient (Wildman–Crippen LogP) is 4.64. The number of nitrogens with zero attached hydrogens (tertiary/aromatic N) is 2. The Morgan fingerprint density at radius 2 is 2.06 bits per heavy atom. The van der Waals surface area contributed by atoms with E-state index in [9.17, 15) is 0 Å². The molecule has 1 aromatic carbocycles. The van der Waals surface area contributed by atoms with Crippen molar-refractivity contribution in [3.05, 3.63) is 51.8 Å². The van der Waals surface area contributed by atoms with Gasteiger partial charge in [0.2, 0.25) is 0 Å². The highest BCUT2D eigenvalue weighted by atomic mass is 79.9. The first kappa shape index (κ1) is 13.1. The summed E-state index contributed by atoms with van der Waals surface area (Å²) in [5.41, 5.74) is 4.71. The van der Waals surface area contributed by atoms with Crippen LogP contribution >= 0.6 is 15.9 Å². The van der Waals surface area contributed by atoms with Gasteiger partial charge in [0, 0.05) is 34.2 Å². The van der Waals surface area contributed by atoms with E-state index in [2.05, 4.69) is 52.3 Å². The lowest BCUT2D eigenvalue weighted by atomic mass is 10.2. The molecule has 94 valence electrons. The molecule has 0 N–H and O–H groups in total. The van der Waals surface area contributed by atoms with E-state index in [1.807, 2.05) is 30.5 Å². The molecule has 1 heterocycles. The molecule has 0 aliphatic heterocycles. The third kappa shape index (κ3) is 2.72. The van der Waals surface area contributed by atoms with Crippen LogP contribution < -0.4 is 0 Å². The van der Waals surface area contributed by atoms with Crippen LogP contribution in [0.3, 0.4) is 0 Å². The number of aromatic nitrogens is 1. The van der Waals surface area contributed by atoms with Crippen LogP contribution in [-0.4, -0.2) is 10.8 Å². The number of hydrogen-bond donors (Lipinski definition) is 0. The SMILES string of the molecule is CCn1c(C)cc(C=Nc2cccc(Br)c2)c1C. The van der Waals surface area contributed by atoms with E-state index in [0.29, 0.717) is 0 Å². The lowest BCUT2D eigenvalue weighted by Gasteiger charge is -2.04. The summed E-state index contributed by atoms with van der Waals surface area (Å²) in [6.45, 7) is 7.43. The summed E-state index contributed by atoms with van der Waals surface area (Å²) in [6, 6.07) is 10.2. The van der Waals surface area contributed by atoms with E-state index in [-0.39, 0.29) is 0 Å². The summed E-state index contributed by atoms with van der Waals surface area (Å²) in [5.74, 6) is 0. The van der Waals surface area contributed by atoms with Crippen molar-refractivity contribution in [1.29, 1.82) is 0 Å². The van der Waals surface area contributed by atoms with Crippen LogP contribution in [0.25, 0.3) is 0 Å². The number of aryl methyl sites for hydroxylation is 1. The fourth-order valence-corrected chi connectivity index (χ4v) is 2.53. The van der Waals surface area contributed by atoms with Gasteiger partial charge in [-0.25, -0.2) is 0 Å². The quantitative estimate of drug-likeness (QED) is 0.735. The summed E-state index contributed by atoms with van der Waals surface area (Å²) in [6.07, 6.45) is 1.94. The van der Waals surface area contributed by atoms with Crippen molar-refractivity contribution in [2.45, 2.75) is 27.3 Å². The van der Waals surface area contributed by atoms with Crippen molar-refractivity contribution >= 4 is 27.8 Å². The Morgan fingerprint density at radius 1 is 1.28 bits per heavy atom. The second kappa shape index (κ2) is 5.53. The molecule has 0 radical (unpaired) electrons. The van der Waals surface area contributed by atoms with E-state index in [1.54, 1.807) is 0 Å². The first-order valence-electron chi connectivity index (χ1n) is 6.08. The fraction of sp³-hybridized carbons (Fsp3) is 0.267. The van der Waals surface area contributed by atoms with Crippen molar-refractivity contribution in [2.75, 3.05) is 0 Å². The lowest BCUT2D eigenvalue weighted by Crippen LogP contribution is -1.99. The molecule has 18 heavy (non-hydrogen) atoms. The zero-order chi connectivity index (χ0) is 13.1. The van der Waals surface area contributed by atoms with E-state index < -0.39 is 0 Å². The van der Waals surface area contributed by atoms with Crippen LogP contribution in [0.2, 0.25) is 0 Å². The average molecular weight is 305 g/mol. The minimum Gasteiger partial charge on any atom is -0.349 e. The molecule has 2 rings (SSSR count). The normalized spacial score (nSPS) is 11.3. The lowest BCUT2D eigenvalue weighted by molar-refractivity contribution is 0.718. The van der Waals surface area contributed by atoms with Gasteiger partial charge < -0.3 is 4.57 Å². The molecule has 0 aliphatic carbocycles. The minimum absolute atomic E-state index is 0.964. The molecule has 3 heteroatoms. The van der Waals surface area contributed by atoms with Crippen LogP contribution in [0.5, 0.6) is 0 Å². The molecule has 0 unspecified atom stereocenters. The maximum atomic E-state index is 4.52. The number of hydrogen-bond acceptors (Lipinski definition) is 1. The first-order valence-corrected chi connectivity index (χ1v) is 6.87. The van der Waals surface area contributed by atoms with Gasteiger partial charge in [-0.3, -0.25) is 4.99 Å². The van der Waals surface area contributed by atoms with Crippen LogP contribution in [-0.2, 0) is 6.54 Å². The molecule has 2 aromatic rings. The Hall–Kier alpha value is -1.35. The molecule has 0 saturated carbocycles. The first-order chi connectivity index (χ1) is 8.61. The smallest absolute Gasteiger partial charge is 0.0641 e. The van der Waals surface area contributed by atoms with Gasteiger partial charge in [0.05, 0.1) is 5.69 Å². The molecule has 0 fully saturated rings. The van der Waals surface area contributed by atoms with Gasteiger partial charge in [0.1, 0.15) is 0 Å². The van der Waals surface area contributed by atoms with Crippen molar-refractivity contribution in [1.82, 2.24) is 4.57 Å². The van der Waals surface area contributed by atoms with Crippen molar-refractivity contribution in [2.24, 2.45) is 4.99 Å². The van der Waals surface area contributed by atoms with Gasteiger partial charge >= 0.3 is 0 Å². The summed E-state index contributed by atoms with van der Waals surface area (Å²) in [5, 5.41) is 0. The maximum absolute atomic E-state index is 4.52. The number of rotatable bonds is 3. The highest BCUT2D eigenvalue weighted by Gasteiger charge is 2.05. The van der Waals surface area contributed by atoms with Crippen LogP contribution in [0.4, 0.5) is 5.69 Å². The summed E-state index contributed by atoms with van der Waals surface area (Å²) >= 11 is 3.45. The second-order valence-corrected chi connectivity index (χ2v) is 5.22. The molecular weight excluding hydrogens is 288 g/mol. The van der Waals surface area contributed by atoms with Gasteiger partial charge in [-0.1, -0.05) is 22.0 Å². The predicted molar refractivity (Wildman–Crippen MR) is 81.0 cm³/mol. The number of benzene rings is 1. The monoisotopic (exact) mass is 304 g/mol. The summed E-state index contributed by atoms with van der Waals surface area (Å²) in [7, 11) is 0. The number of halogens is 1. The molecule has 1 aromatic heterocycles. The summed E-state index contributed by atoms with van der Waals surface area (Å²) in [4.78, 5) is 4.52. The third-order valence-corrected chi connectivity index (χ3v) is 3.58. The number of aliphatic imine (C=N–C) groups is 1. The molecular formula is C15H17BrN2. The Balaban J connectivity index is 2.29.